The lowest BCUT2D eigenvalue weighted by Crippen LogP contribution is -2.45. The van der Waals surface area contributed by atoms with Crippen LogP contribution in [0.4, 0.5) is 5.69 Å². The summed E-state index contributed by atoms with van der Waals surface area (Å²) in [6.07, 6.45) is 0.878. The van der Waals surface area contributed by atoms with Crippen molar-refractivity contribution in [2.75, 3.05) is 37.7 Å². The highest BCUT2D eigenvalue weighted by atomic mass is 16.5. The van der Waals surface area contributed by atoms with Crippen molar-refractivity contribution >= 4 is 11.6 Å². The van der Waals surface area contributed by atoms with Crippen LogP contribution in [0.25, 0.3) is 0 Å². The highest BCUT2D eigenvalue weighted by Crippen LogP contribution is 2.39. The lowest BCUT2D eigenvalue weighted by Gasteiger charge is -2.38. The minimum absolute atomic E-state index is 0.154. The Morgan fingerprint density at radius 2 is 1.84 bits per heavy atom. The molecule has 2 aliphatic heterocycles. The fourth-order valence-electron chi connectivity index (χ4n) is 4.22. The predicted octanol–water partition coefficient (Wildman–Crippen LogP) is 3.88. The average Bonchev–Trinajstić information content (AvgIpc) is 2.78. The van der Waals surface area contributed by atoms with Gasteiger partial charge in [-0.2, -0.15) is 0 Å². The number of hydrogen-bond donors (Lipinski definition) is 2. The number of para-hydroxylation sites is 1. The van der Waals surface area contributed by atoms with Gasteiger partial charge in [0.15, 0.2) is 5.96 Å². The van der Waals surface area contributed by atoms with Gasteiger partial charge < -0.3 is 25.0 Å². The van der Waals surface area contributed by atoms with Crippen molar-refractivity contribution in [1.82, 2.24) is 10.6 Å². The van der Waals surface area contributed by atoms with E-state index in [4.69, 9.17) is 14.5 Å². The van der Waals surface area contributed by atoms with E-state index in [0.29, 0.717) is 6.54 Å². The number of anilines is 1. The molecule has 4 rings (SSSR count). The molecule has 0 aromatic heterocycles. The zero-order valence-corrected chi connectivity index (χ0v) is 18.9. The molecule has 2 aliphatic rings. The number of aliphatic imine (C=N–C) groups is 1. The quantitative estimate of drug-likeness (QED) is 0.566. The van der Waals surface area contributed by atoms with E-state index in [2.05, 4.69) is 72.7 Å². The third-order valence-corrected chi connectivity index (χ3v) is 5.76. The van der Waals surface area contributed by atoms with Crippen molar-refractivity contribution in [3.05, 3.63) is 59.7 Å². The molecule has 1 fully saturated rings. The number of rotatable bonds is 5. The van der Waals surface area contributed by atoms with E-state index in [1.807, 2.05) is 12.1 Å². The Morgan fingerprint density at radius 3 is 2.58 bits per heavy atom. The van der Waals surface area contributed by atoms with E-state index >= 15 is 0 Å². The summed E-state index contributed by atoms with van der Waals surface area (Å²) < 4.78 is 11.6. The number of benzene rings is 2. The summed E-state index contributed by atoms with van der Waals surface area (Å²) in [7, 11) is 0. The van der Waals surface area contributed by atoms with E-state index in [9.17, 15) is 0 Å². The summed E-state index contributed by atoms with van der Waals surface area (Å²) in [5, 5.41) is 7.04. The lowest BCUT2D eigenvalue weighted by atomic mass is 9.90. The van der Waals surface area contributed by atoms with Crippen LogP contribution in [0.3, 0.4) is 0 Å². The van der Waals surface area contributed by atoms with Gasteiger partial charge in [-0.3, -0.25) is 0 Å². The van der Waals surface area contributed by atoms with E-state index in [0.717, 1.165) is 51.0 Å². The number of nitrogens with zero attached hydrogens (tertiary/aromatic N) is 2. The van der Waals surface area contributed by atoms with E-state index < -0.39 is 0 Å². The van der Waals surface area contributed by atoms with Crippen LogP contribution in [-0.4, -0.2) is 44.4 Å². The molecule has 6 heteroatoms. The Morgan fingerprint density at radius 1 is 1.10 bits per heavy atom. The fourth-order valence-corrected chi connectivity index (χ4v) is 4.22. The first kappa shape index (κ1) is 21.5. The minimum Gasteiger partial charge on any atom is -0.487 e. The Kier molecular flexibility index (Phi) is 6.66. The second-order valence-electron chi connectivity index (χ2n) is 8.76. The normalized spacial score (nSPS) is 20.5. The molecule has 0 radical (unpaired) electrons. The number of nitrogens with one attached hydrogen (secondary N) is 2. The Balaban J connectivity index is 1.45. The van der Waals surface area contributed by atoms with Crippen LogP contribution in [0.15, 0.2) is 53.5 Å². The molecule has 2 aromatic carbocycles. The van der Waals surface area contributed by atoms with E-state index in [1.54, 1.807) is 0 Å². The molecule has 0 saturated carbocycles. The summed E-state index contributed by atoms with van der Waals surface area (Å²) >= 11 is 0. The van der Waals surface area contributed by atoms with Gasteiger partial charge in [0.2, 0.25) is 0 Å². The molecule has 0 amide bonds. The molecule has 1 saturated heterocycles. The van der Waals surface area contributed by atoms with Gasteiger partial charge in [-0.1, -0.05) is 30.3 Å². The number of guanidine groups is 1. The highest BCUT2D eigenvalue weighted by molar-refractivity contribution is 5.80. The first-order valence-corrected chi connectivity index (χ1v) is 11.3. The molecule has 0 aliphatic carbocycles. The molecule has 2 heterocycles. The zero-order valence-electron chi connectivity index (χ0n) is 18.9. The number of ether oxygens (including phenoxy) is 2. The van der Waals surface area contributed by atoms with Crippen LogP contribution in [0.1, 0.15) is 44.4 Å². The predicted molar refractivity (Wildman–Crippen MR) is 126 cm³/mol. The van der Waals surface area contributed by atoms with Gasteiger partial charge in [0.1, 0.15) is 11.4 Å². The van der Waals surface area contributed by atoms with Crippen molar-refractivity contribution in [3.63, 3.8) is 0 Å². The van der Waals surface area contributed by atoms with Gasteiger partial charge in [0.05, 0.1) is 25.8 Å². The number of morpholine rings is 1. The SMILES string of the molecule is CCNC(=NCc1ccc(N2CCOCC2)cc1)NC1CC(C)(C)Oc2ccccc21. The monoisotopic (exact) mass is 422 g/mol. The second-order valence-corrected chi connectivity index (χ2v) is 8.76. The highest BCUT2D eigenvalue weighted by Gasteiger charge is 2.33. The smallest absolute Gasteiger partial charge is 0.192 e. The van der Waals surface area contributed by atoms with Gasteiger partial charge in [-0.05, 0) is 44.5 Å². The molecule has 6 nitrogen and oxygen atoms in total. The summed E-state index contributed by atoms with van der Waals surface area (Å²) in [5.41, 5.74) is 3.41. The molecule has 2 aromatic rings. The van der Waals surface area contributed by atoms with E-state index in [1.165, 1.54) is 16.8 Å². The molecular formula is C25H34N4O2. The van der Waals surface area contributed by atoms with Crippen LogP contribution in [0.2, 0.25) is 0 Å². The summed E-state index contributed by atoms with van der Waals surface area (Å²) in [6, 6.07) is 17.1. The third-order valence-electron chi connectivity index (χ3n) is 5.76. The molecule has 2 N–H and O–H groups in total. The summed E-state index contributed by atoms with van der Waals surface area (Å²) in [6.45, 7) is 11.3. The van der Waals surface area contributed by atoms with E-state index in [-0.39, 0.29) is 11.6 Å². The number of fused-ring (bicyclic) bond motifs is 1. The van der Waals surface area contributed by atoms with Crippen LogP contribution in [0, 0.1) is 0 Å². The Bertz CT molecular complexity index is 889. The molecule has 166 valence electrons. The number of hydrogen-bond acceptors (Lipinski definition) is 4. The zero-order chi connectivity index (χ0) is 21.7. The van der Waals surface area contributed by atoms with Crippen molar-refractivity contribution in [3.8, 4) is 5.75 Å². The largest absolute Gasteiger partial charge is 0.487 e. The summed E-state index contributed by atoms with van der Waals surface area (Å²) in [4.78, 5) is 7.23. The van der Waals surface area contributed by atoms with Gasteiger partial charge in [0, 0.05) is 37.3 Å². The maximum Gasteiger partial charge on any atom is 0.192 e. The molecule has 31 heavy (non-hydrogen) atoms. The molecule has 0 spiro atoms. The first-order chi connectivity index (χ1) is 15.0. The van der Waals surface area contributed by atoms with Crippen molar-refractivity contribution in [2.24, 2.45) is 4.99 Å². The van der Waals surface area contributed by atoms with Crippen LogP contribution >= 0.6 is 0 Å². The van der Waals surface area contributed by atoms with Gasteiger partial charge in [0.25, 0.3) is 0 Å². The minimum atomic E-state index is -0.224. The summed E-state index contributed by atoms with van der Waals surface area (Å²) in [5.74, 6) is 1.78. The van der Waals surface area contributed by atoms with Crippen LogP contribution in [0.5, 0.6) is 5.75 Å². The lowest BCUT2D eigenvalue weighted by molar-refractivity contribution is 0.0694. The van der Waals surface area contributed by atoms with Crippen molar-refractivity contribution in [1.29, 1.82) is 0 Å². The van der Waals surface area contributed by atoms with Crippen LogP contribution < -0.4 is 20.3 Å². The van der Waals surface area contributed by atoms with Gasteiger partial charge in [-0.25, -0.2) is 4.99 Å². The van der Waals surface area contributed by atoms with Crippen molar-refractivity contribution in [2.45, 2.75) is 45.4 Å². The third kappa shape index (κ3) is 5.50. The average molecular weight is 423 g/mol. The van der Waals surface area contributed by atoms with Crippen LogP contribution in [-0.2, 0) is 11.3 Å². The first-order valence-electron chi connectivity index (χ1n) is 11.3. The second kappa shape index (κ2) is 9.60. The maximum atomic E-state index is 6.17. The Labute approximate surface area is 185 Å². The topological polar surface area (TPSA) is 58.1 Å². The fraction of sp³-hybridized carbons (Fsp3) is 0.480. The van der Waals surface area contributed by atoms with Gasteiger partial charge >= 0.3 is 0 Å². The maximum absolute atomic E-state index is 6.17. The van der Waals surface area contributed by atoms with Crippen molar-refractivity contribution < 1.29 is 9.47 Å². The molecule has 0 bridgehead atoms. The molecular weight excluding hydrogens is 388 g/mol. The Hall–Kier alpha value is -2.73. The molecule has 1 unspecified atom stereocenters. The standard InChI is InChI=1S/C25H34N4O2/c1-4-26-24(28-22-17-25(2,3)31-23-8-6-5-7-21(22)23)27-18-19-9-11-20(12-10-19)29-13-15-30-16-14-29/h5-12,22H,4,13-18H2,1-3H3,(H2,26,27,28). The van der Waals surface area contributed by atoms with Gasteiger partial charge in [-0.15, -0.1) is 0 Å². The molecule has 1 atom stereocenters.